The molecular weight excluding hydrogens is 298 g/mol. The molecule has 1 N–H and O–H groups in total. The van der Waals surface area contributed by atoms with Crippen LogP contribution in [0.3, 0.4) is 0 Å². The van der Waals surface area contributed by atoms with E-state index in [4.69, 9.17) is 4.74 Å². The third-order valence-electron chi connectivity index (χ3n) is 3.74. The summed E-state index contributed by atoms with van der Waals surface area (Å²) in [6.07, 6.45) is 6.34. The van der Waals surface area contributed by atoms with Crippen LogP contribution in [0.5, 0.6) is 5.75 Å². The Bertz CT molecular complexity index is 692. The molecule has 2 rings (SSSR count). The summed E-state index contributed by atoms with van der Waals surface area (Å²) in [4.78, 5) is 12.2. The zero-order chi connectivity index (χ0) is 17.2. The van der Waals surface area contributed by atoms with Crippen LogP contribution >= 0.6 is 0 Å². The van der Waals surface area contributed by atoms with Gasteiger partial charge in [0.15, 0.2) is 0 Å². The lowest BCUT2D eigenvalue weighted by Gasteiger charge is -2.09. The molecule has 0 aliphatic carbocycles. The Hall–Kier alpha value is -2.55. The van der Waals surface area contributed by atoms with E-state index in [2.05, 4.69) is 19.2 Å². The molecule has 2 aromatic carbocycles. The van der Waals surface area contributed by atoms with E-state index in [9.17, 15) is 4.79 Å². The predicted octanol–water partition coefficient (Wildman–Crippen LogP) is 5.08. The molecule has 126 valence electrons. The van der Waals surface area contributed by atoms with Gasteiger partial charge in [0.2, 0.25) is 5.91 Å². The average molecular weight is 323 g/mol. The second-order valence-corrected chi connectivity index (χ2v) is 5.57. The Kier molecular flexibility index (Phi) is 7.09. The normalized spacial score (nSPS) is 10.8. The molecule has 0 bridgehead atoms. The number of rotatable bonds is 8. The first-order valence-corrected chi connectivity index (χ1v) is 8.53. The van der Waals surface area contributed by atoms with Crippen molar-refractivity contribution in [2.75, 3.05) is 11.9 Å². The minimum atomic E-state index is -0.140. The van der Waals surface area contributed by atoms with Crippen molar-refractivity contribution in [2.24, 2.45) is 0 Å². The maximum Gasteiger partial charge on any atom is 0.248 e. The second kappa shape index (κ2) is 9.56. The highest BCUT2D eigenvalue weighted by Gasteiger charge is 2.04. The monoisotopic (exact) mass is 323 g/mol. The Morgan fingerprint density at radius 2 is 1.83 bits per heavy atom. The van der Waals surface area contributed by atoms with E-state index in [1.807, 2.05) is 48.5 Å². The topological polar surface area (TPSA) is 38.3 Å². The molecule has 24 heavy (non-hydrogen) atoms. The average Bonchev–Trinajstić information content (AvgIpc) is 2.61. The number of carbonyl (C=O) groups excluding carboxylic acids is 1. The molecule has 0 heterocycles. The number of nitrogens with one attached hydrogen (secondary N) is 1. The van der Waals surface area contributed by atoms with Crippen LogP contribution in [0.1, 0.15) is 37.8 Å². The van der Waals surface area contributed by atoms with Crippen LogP contribution in [-0.4, -0.2) is 12.5 Å². The summed E-state index contributed by atoms with van der Waals surface area (Å²) in [5.74, 6) is 0.670. The predicted molar refractivity (Wildman–Crippen MR) is 100 cm³/mol. The van der Waals surface area contributed by atoms with E-state index in [-0.39, 0.29) is 5.91 Å². The van der Waals surface area contributed by atoms with Gasteiger partial charge >= 0.3 is 0 Å². The van der Waals surface area contributed by atoms with Gasteiger partial charge in [0.05, 0.1) is 6.61 Å². The number of ether oxygens (including phenoxy) is 1. The van der Waals surface area contributed by atoms with E-state index < -0.39 is 0 Å². The molecule has 3 heteroatoms. The van der Waals surface area contributed by atoms with Crippen LogP contribution in [0.25, 0.3) is 6.08 Å². The number of anilines is 1. The fourth-order valence-corrected chi connectivity index (χ4v) is 2.37. The summed E-state index contributed by atoms with van der Waals surface area (Å²) in [7, 11) is 0. The first-order valence-electron chi connectivity index (χ1n) is 8.53. The molecule has 0 unspecified atom stereocenters. The number of hydrogen-bond donors (Lipinski definition) is 1. The molecule has 0 aliphatic rings. The second-order valence-electron chi connectivity index (χ2n) is 5.57. The van der Waals surface area contributed by atoms with Crippen LogP contribution in [0.2, 0.25) is 0 Å². The Morgan fingerprint density at radius 3 is 2.62 bits per heavy atom. The van der Waals surface area contributed by atoms with Crippen molar-refractivity contribution in [3.05, 3.63) is 65.7 Å². The molecular formula is C21H25NO2. The standard InChI is InChI=1S/C21H25NO2/c1-3-5-16-24-20-13-9-7-11-18(20)14-15-21(23)22-19-12-8-6-10-17(19)4-2/h6-15H,3-5,16H2,1-2H3,(H,22,23). The summed E-state index contributed by atoms with van der Waals surface area (Å²) in [5.41, 5.74) is 2.90. The molecule has 2 aromatic rings. The molecule has 0 spiro atoms. The van der Waals surface area contributed by atoms with Gasteiger partial charge in [0.25, 0.3) is 0 Å². The van der Waals surface area contributed by atoms with Crippen LogP contribution in [-0.2, 0) is 11.2 Å². The van der Waals surface area contributed by atoms with Gasteiger partial charge in [0.1, 0.15) is 5.75 Å². The number of hydrogen-bond acceptors (Lipinski definition) is 2. The number of unbranched alkanes of at least 4 members (excludes halogenated alkanes) is 1. The Balaban J connectivity index is 2.03. The highest BCUT2D eigenvalue weighted by Crippen LogP contribution is 2.20. The summed E-state index contributed by atoms with van der Waals surface area (Å²) in [6, 6.07) is 15.6. The summed E-state index contributed by atoms with van der Waals surface area (Å²) in [5, 5.41) is 2.94. The van der Waals surface area contributed by atoms with E-state index in [0.717, 1.165) is 41.8 Å². The van der Waals surface area contributed by atoms with Gasteiger partial charge in [-0.25, -0.2) is 0 Å². The molecule has 0 aliphatic heterocycles. The molecule has 0 saturated carbocycles. The Morgan fingerprint density at radius 1 is 1.08 bits per heavy atom. The van der Waals surface area contributed by atoms with Crippen molar-refractivity contribution in [1.29, 1.82) is 0 Å². The fraction of sp³-hybridized carbons (Fsp3) is 0.286. The lowest BCUT2D eigenvalue weighted by Crippen LogP contribution is -2.09. The quantitative estimate of drug-likeness (QED) is 0.543. The smallest absolute Gasteiger partial charge is 0.248 e. The molecule has 0 radical (unpaired) electrons. The van der Waals surface area contributed by atoms with Crippen LogP contribution in [0.4, 0.5) is 5.69 Å². The molecule has 0 atom stereocenters. The van der Waals surface area contributed by atoms with Gasteiger partial charge in [0, 0.05) is 17.3 Å². The van der Waals surface area contributed by atoms with Gasteiger partial charge in [-0.05, 0) is 36.6 Å². The number of amides is 1. The SMILES string of the molecule is CCCCOc1ccccc1C=CC(=O)Nc1ccccc1CC. The van der Waals surface area contributed by atoms with Gasteiger partial charge in [-0.15, -0.1) is 0 Å². The maximum absolute atomic E-state index is 12.2. The third-order valence-corrected chi connectivity index (χ3v) is 3.74. The summed E-state index contributed by atoms with van der Waals surface area (Å²) < 4.78 is 5.78. The van der Waals surface area contributed by atoms with E-state index in [1.54, 1.807) is 12.2 Å². The number of carbonyl (C=O) groups is 1. The highest BCUT2D eigenvalue weighted by molar-refractivity contribution is 6.02. The van der Waals surface area contributed by atoms with Crippen LogP contribution in [0.15, 0.2) is 54.6 Å². The molecule has 0 fully saturated rings. The van der Waals surface area contributed by atoms with Crippen molar-refractivity contribution in [3.8, 4) is 5.75 Å². The zero-order valence-corrected chi connectivity index (χ0v) is 14.4. The molecule has 0 saturated heterocycles. The van der Waals surface area contributed by atoms with Crippen LogP contribution in [0, 0.1) is 0 Å². The first-order chi connectivity index (χ1) is 11.7. The van der Waals surface area contributed by atoms with Crippen molar-refractivity contribution in [2.45, 2.75) is 33.1 Å². The van der Waals surface area contributed by atoms with Gasteiger partial charge < -0.3 is 10.1 Å². The Labute approximate surface area is 144 Å². The minimum absolute atomic E-state index is 0.140. The lowest BCUT2D eigenvalue weighted by molar-refractivity contribution is -0.111. The minimum Gasteiger partial charge on any atom is -0.493 e. The lowest BCUT2D eigenvalue weighted by atomic mass is 10.1. The van der Waals surface area contributed by atoms with Gasteiger partial charge in [-0.2, -0.15) is 0 Å². The zero-order valence-electron chi connectivity index (χ0n) is 14.4. The highest BCUT2D eigenvalue weighted by atomic mass is 16.5. The fourth-order valence-electron chi connectivity index (χ4n) is 2.37. The van der Waals surface area contributed by atoms with E-state index >= 15 is 0 Å². The van der Waals surface area contributed by atoms with E-state index in [0.29, 0.717) is 6.61 Å². The van der Waals surface area contributed by atoms with E-state index in [1.165, 1.54) is 0 Å². The van der Waals surface area contributed by atoms with Crippen molar-refractivity contribution in [3.63, 3.8) is 0 Å². The number of aryl methyl sites for hydroxylation is 1. The molecule has 0 aromatic heterocycles. The van der Waals surface area contributed by atoms with Crippen molar-refractivity contribution >= 4 is 17.7 Å². The first kappa shape index (κ1) is 17.8. The molecule has 1 amide bonds. The largest absolute Gasteiger partial charge is 0.493 e. The van der Waals surface area contributed by atoms with Crippen molar-refractivity contribution in [1.82, 2.24) is 0 Å². The van der Waals surface area contributed by atoms with Crippen LogP contribution < -0.4 is 10.1 Å². The van der Waals surface area contributed by atoms with Gasteiger partial charge in [-0.3, -0.25) is 4.79 Å². The summed E-state index contributed by atoms with van der Waals surface area (Å²) in [6.45, 7) is 4.90. The van der Waals surface area contributed by atoms with Crippen molar-refractivity contribution < 1.29 is 9.53 Å². The maximum atomic E-state index is 12.2. The summed E-state index contributed by atoms with van der Waals surface area (Å²) >= 11 is 0. The third kappa shape index (κ3) is 5.27. The molecule has 3 nitrogen and oxygen atoms in total. The number of benzene rings is 2. The number of para-hydroxylation sites is 2. The van der Waals surface area contributed by atoms with Gasteiger partial charge in [-0.1, -0.05) is 56.7 Å².